The van der Waals surface area contributed by atoms with Crippen molar-refractivity contribution in [3.8, 4) is 5.75 Å². The van der Waals surface area contributed by atoms with Crippen LogP contribution in [-0.4, -0.2) is 31.6 Å². The first-order valence-corrected chi connectivity index (χ1v) is 7.84. The Balaban J connectivity index is 0.00000242. The third-order valence-corrected chi connectivity index (χ3v) is 4.02. The van der Waals surface area contributed by atoms with Gasteiger partial charge >= 0.3 is 0 Å². The van der Waals surface area contributed by atoms with Crippen LogP contribution in [0.2, 0.25) is 0 Å². The molecule has 1 aromatic rings. The smallest absolute Gasteiger partial charge is 0.223 e. The van der Waals surface area contributed by atoms with E-state index in [4.69, 9.17) is 4.74 Å². The molecule has 0 aliphatic carbocycles. The van der Waals surface area contributed by atoms with Gasteiger partial charge in [-0.1, -0.05) is 12.1 Å². The molecule has 1 aromatic carbocycles. The monoisotopic (exact) mass is 326 g/mol. The van der Waals surface area contributed by atoms with E-state index in [-0.39, 0.29) is 24.4 Å². The zero-order chi connectivity index (χ0) is 15.1. The normalized spacial score (nSPS) is 18.9. The first-order chi connectivity index (χ1) is 10.1. The number of carbonyl (C=O) groups is 1. The summed E-state index contributed by atoms with van der Waals surface area (Å²) in [6, 6.07) is 8.11. The molecule has 0 bridgehead atoms. The number of rotatable bonds is 6. The van der Waals surface area contributed by atoms with E-state index in [2.05, 4.69) is 17.6 Å². The van der Waals surface area contributed by atoms with Crippen molar-refractivity contribution in [1.29, 1.82) is 0 Å². The molecule has 5 heteroatoms. The number of piperidine rings is 1. The van der Waals surface area contributed by atoms with E-state index in [9.17, 15) is 4.79 Å². The number of aryl methyl sites for hydroxylation is 1. The number of hydrogen-bond acceptors (Lipinski definition) is 3. The van der Waals surface area contributed by atoms with Gasteiger partial charge in [-0.25, -0.2) is 0 Å². The van der Waals surface area contributed by atoms with Crippen molar-refractivity contribution in [2.75, 3.05) is 19.7 Å². The van der Waals surface area contributed by atoms with E-state index in [0.29, 0.717) is 18.9 Å². The fraction of sp³-hybridized carbons (Fsp3) is 0.588. The number of hydrogen-bond donors (Lipinski definition) is 2. The second kappa shape index (κ2) is 9.70. The molecule has 1 aliphatic heterocycles. The Morgan fingerprint density at radius 2 is 2.32 bits per heavy atom. The van der Waals surface area contributed by atoms with E-state index in [1.165, 1.54) is 12.8 Å². The topological polar surface area (TPSA) is 50.4 Å². The molecule has 2 rings (SSSR count). The van der Waals surface area contributed by atoms with Crippen LogP contribution in [0.15, 0.2) is 24.3 Å². The summed E-state index contributed by atoms with van der Waals surface area (Å²) in [5.41, 5.74) is 1.16. The van der Waals surface area contributed by atoms with E-state index >= 15 is 0 Å². The average molecular weight is 327 g/mol. The Labute approximate surface area is 139 Å². The highest BCUT2D eigenvalue weighted by Gasteiger charge is 2.20. The van der Waals surface area contributed by atoms with E-state index < -0.39 is 0 Å². The zero-order valence-electron chi connectivity index (χ0n) is 13.4. The molecule has 2 N–H and O–H groups in total. The van der Waals surface area contributed by atoms with Crippen molar-refractivity contribution in [3.63, 3.8) is 0 Å². The molecule has 4 nitrogen and oxygen atoms in total. The Kier molecular flexibility index (Phi) is 8.28. The van der Waals surface area contributed by atoms with Gasteiger partial charge in [0.15, 0.2) is 0 Å². The quantitative estimate of drug-likeness (QED) is 0.845. The predicted molar refractivity (Wildman–Crippen MR) is 91.7 cm³/mol. The molecule has 0 spiro atoms. The van der Waals surface area contributed by atoms with Gasteiger partial charge in [0, 0.05) is 6.04 Å². The Morgan fingerprint density at radius 1 is 1.50 bits per heavy atom. The molecule has 1 saturated heterocycles. The summed E-state index contributed by atoms with van der Waals surface area (Å²) in [7, 11) is 0. The van der Waals surface area contributed by atoms with Gasteiger partial charge in [-0.2, -0.15) is 0 Å². The molecule has 1 amide bonds. The minimum atomic E-state index is 0. The molecule has 0 aromatic heterocycles. The number of benzene rings is 1. The van der Waals surface area contributed by atoms with Crippen molar-refractivity contribution in [1.82, 2.24) is 10.6 Å². The van der Waals surface area contributed by atoms with Crippen LogP contribution in [0.5, 0.6) is 5.75 Å². The summed E-state index contributed by atoms with van der Waals surface area (Å²) in [6.45, 7) is 6.64. The standard InChI is InChI=1S/C17H26N2O2.ClH/c1-13-5-3-7-16(11-13)21-10-8-17(20)19-14(2)15-6-4-9-18-12-15;/h3,5,7,11,14-15,18H,4,6,8-10,12H2,1-2H3,(H,19,20);1H. The number of nitrogens with one attached hydrogen (secondary N) is 2. The maximum absolute atomic E-state index is 11.9. The summed E-state index contributed by atoms with van der Waals surface area (Å²) in [5, 5.41) is 6.47. The van der Waals surface area contributed by atoms with E-state index in [1.54, 1.807) is 0 Å². The maximum Gasteiger partial charge on any atom is 0.223 e. The number of carbonyl (C=O) groups excluding carboxylic acids is 1. The molecule has 2 atom stereocenters. The first-order valence-electron chi connectivity index (χ1n) is 7.84. The van der Waals surface area contributed by atoms with Gasteiger partial charge in [-0.3, -0.25) is 4.79 Å². The van der Waals surface area contributed by atoms with E-state index in [1.807, 2.05) is 31.2 Å². The number of amides is 1. The molecule has 1 fully saturated rings. The van der Waals surface area contributed by atoms with Gasteiger partial charge in [-0.05, 0) is 63.4 Å². The van der Waals surface area contributed by atoms with Crippen molar-refractivity contribution >= 4 is 18.3 Å². The molecule has 1 heterocycles. The molecular formula is C17H27ClN2O2. The van der Waals surface area contributed by atoms with E-state index in [0.717, 1.165) is 24.4 Å². The minimum absolute atomic E-state index is 0. The lowest BCUT2D eigenvalue weighted by atomic mass is 9.93. The zero-order valence-corrected chi connectivity index (χ0v) is 14.2. The van der Waals surface area contributed by atoms with Crippen LogP contribution < -0.4 is 15.4 Å². The molecular weight excluding hydrogens is 300 g/mol. The Morgan fingerprint density at radius 3 is 3.00 bits per heavy atom. The lowest BCUT2D eigenvalue weighted by Crippen LogP contribution is -2.44. The highest BCUT2D eigenvalue weighted by molar-refractivity contribution is 5.85. The Hall–Kier alpha value is -1.26. The summed E-state index contributed by atoms with van der Waals surface area (Å²) < 4.78 is 5.61. The van der Waals surface area contributed by atoms with Crippen LogP contribution in [0.3, 0.4) is 0 Å². The summed E-state index contributed by atoms with van der Waals surface area (Å²) in [6.07, 6.45) is 2.79. The molecule has 0 saturated carbocycles. The molecule has 2 unspecified atom stereocenters. The number of halogens is 1. The van der Waals surface area contributed by atoms with Crippen molar-refractivity contribution in [2.45, 2.75) is 39.2 Å². The second-order valence-corrected chi connectivity index (χ2v) is 5.88. The lowest BCUT2D eigenvalue weighted by molar-refractivity contribution is -0.122. The Bertz CT molecular complexity index is 462. The first kappa shape index (κ1) is 18.8. The largest absolute Gasteiger partial charge is 0.493 e. The van der Waals surface area contributed by atoms with Crippen LogP contribution in [0.25, 0.3) is 0 Å². The maximum atomic E-state index is 11.9. The van der Waals surface area contributed by atoms with Crippen LogP contribution in [-0.2, 0) is 4.79 Å². The van der Waals surface area contributed by atoms with Crippen molar-refractivity contribution in [3.05, 3.63) is 29.8 Å². The van der Waals surface area contributed by atoms with Gasteiger partial charge in [0.1, 0.15) is 5.75 Å². The molecule has 0 radical (unpaired) electrons. The summed E-state index contributed by atoms with van der Waals surface area (Å²) in [4.78, 5) is 11.9. The third-order valence-electron chi connectivity index (χ3n) is 4.02. The highest BCUT2D eigenvalue weighted by atomic mass is 35.5. The van der Waals surface area contributed by atoms with Crippen LogP contribution >= 0.6 is 12.4 Å². The van der Waals surface area contributed by atoms with Gasteiger partial charge in [0.05, 0.1) is 13.0 Å². The third kappa shape index (κ3) is 6.24. The van der Waals surface area contributed by atoms with Crippen LogP contribution in [0.4, 0.5) is 0 Å². The van der Waals surface area contributed by atoms with Gasteiger partial charge in [0.2, 0.25) is 5.91 Å². The van der Waals surface area contributed by atoms with Crippen molar-refractivity contribution in [2.24, 2.45) is 5.92 Å². The highest BCUT2D eigenvalue weighted by Crippen LogP contribution is 2.15. The number of ether oxygens (including phenoxy) is 1. The SMILES string of the molecule is Cc1cccc(OCCC(=O)NC(C)C2CCCNC2)c1.Cl. The molecule has 1 aliphatic rings. The van der Waals surface area contributed by atoms with Crippen LogP contribution in [0, 0.1) is 12.8 Å². The lowest BCUT2D eigenvalue weighted by Gasteiger charge is -2.28. The predicted octanol–water partition coefficient (Wildman–Crippen LogP) is 2.69. The van der Waals surface area contributed by atoms with Crippen molar-refractivity contribution < 1.29 is 9.53 Å². The average Bonchev–Trinajstić information content (AvgIpc) is 2.48. The molecule has 22 heavy (non-hydrogen) atoms. The summed E-state index contributed by atoms with van der Waals surface area (Å²) in [5.74, 6) is 1.44. The second-order valence-electron chi connectivity index (χ2n) is 5.88. The fourth-order valence-electron chi connectivity index (χ4n) is 2.72. The fourth-order valence-corrected chi connectivity index (χ4v) is 2.72. The molecule has 124 valence electrons. The summed E-state index contributed by atoms with van der Waals surface area (Å²) >= 11 is 0. The van der Waals surface area contributed by atoms with Gasteiger partial charge in [-0.15, -0.1) is 12.4 Å². The van der Waals surface area contributed by atoms with Gasteiger partial charge < -0.3 is 15.4 Å². The van der Waals surface area contributed by atoms with Gasteiger partial charge in [0.25, 0.3) is 0 Å². The minimum Gasteiger partial charge on any atom is -0.493 e. The van der Waals surface area contributed by atoms with Crippen LogP contribution in [0.1, 0.15) is 31.7 Å².